The summed E-state index contributed by atoms with van der Waals surface area (Å²) in [7, 11) is 1.70. The number of piperazine rings is 1. The van der Waals surface area contributed by atoms with Gasteiger partial charge in [-0.1, -0.05) is 46.4 Å². The summed E-state index contributed by atoms with van der Waals surface area (Å²) < 4.78 is 7.66. The number of carbonyl (C=O) groups is 2. The number of anilines is 1. The van der Waals surface area contributed by atoms with Crippen LogP contribution in [0.5, 0.6) is 0 Å². The Morgan fingerprint density at radius 3 is 2.65 bits per heavy atom. The predicted molar refractivity (Wildman–Crippen MR) is 161 cm³/mol. The molecule has 0 saturated carbocycles. The van der Waals surface area contributed by atoms with Crippen LogP contribution in [0.15, 0.2) is 39.8 Å². The Morgan fingerprint density at radius 1 is 1.12 bits per heavy atom. The summed E-state index contributed by atoms with van der Waals surface area (Å²) in [4.78, 5) is 45.8. The molecule has 0 spiro atoms. The third-order valence-corrected chi connectivity index (χ3v) is 8.50. The maximum Gasteiger partial charge on any atom is 0.393 e. The largest absolute Gasteiger partial charge is 0.393 e. The molecule has 226 valence electrons. The van der Waals surface area contributed by atoms with E-state index < -0.39 is 6.04 Å². The van der Waals surface area contributed by atoms with Crippen LogP contribution < -0.4 is 10.6 Å². The molecular formula is C30H39N10O3+. The molecular weight excluding hydrogens is 548 g/mol. The van der Waals surface area contributed by atoms with Crippen molar-refractivity contribution in [3.05, 3.63) is 30.3 Å². The number of imide groups is 1. The Bertz CT molecular complexity index is 1470. The fourth-order valence-corrected chi connectivity index (χ4v) is 6.15. The van der Waals surface area contributed by atoms with Gasteiger partial charge in [0.1, 0.15) is 6.54 Å². The molecule has 3 amide bonds. The average Bonchev–Trinajstić information content (AvgIpc) is 3.68. The molecule has 1 aromatic heterocycles. The third kappa shape index (κ3) is 5.85. The lowest BCUT2D eigenvalue weighted by Gasteiger charge is -2.36. The minimum atomic E-state index is -0.671. The molecule has 43 heavy (non-hydrogen) atoms. The van der Waals surface area contributed by atoms with Crippen LogP contribution in [-0.4, -0.2) is 136 Å². The number of amidine groups is 1. The monoisotopic (exact) mass is 587 g/mol. The topological polar surface area (TPSA) is 131 Å². The van der Waals surface area contributed by atoms with Crippen LogP contribution in [0.4, 0.5) is 10.8 Å². The average molecular weight is 588 g/mol. The number of benzene rings is 1. The zero-order valence-corrected chi connectivity index (χ0v) is 24.9. The number of hydrogen-bond acceptors (Lipinski definition) is 8. The summed E-state index contributed by atoms with van der Waals surface area (Å²) in [5, 5.41) is 4.14. The van der Waals surface area contributed by atoms with Gasteiger partial charge in [-0.05, 0) is 32.7 Å². The van der Waals surface area contributed by atoms with E-state index in [1.807, 2.05) is 35.2 Å². The second-order valence-corrected chi connectivity index (χ2v) is 11.4. The highest BCUT2D eigenvalue weighted by Crippen LogP contribution is 2.25. The highest BCUT2D eigenvalue weighted by atomic mass is 16.5. The van der Waals surface area contributed by atoms with Gasteiger partial charge >= 0.3 is 18.0 Å². The number of aromatic nitrogens is 2. The van der Waals surface area contributed by atoms with E-state index in [0.717, 1.165) is 57.7 Å². The lowest BCUT2D eigenvalue weighted by Crippen LogP contribution is -2.64. The molecule has 4 aliphatic heterocycles. The number of piperidine rings is 1. The van der Waals surface area contributed by atoms with Crippen molar-refractivity contribution in [2.24, 2.45) is 10.7 Å². The maximum absolute atomic E-state index is 13.8. The first-order valence-corrected chi connectivity index (χ1v) is 15.0. The standard InChI is InChI=1S/C30H39N10O3/c1-3-4-15-39-24-26(33-28(39)38-14-8-12-23(31)21-38)35(2)30(42)40(27(24)41)16-9-13-36-17-19-37(20-18-36)29-32-25(34-43-29)22-10-6-5-7-11-22/h5-7,10-11,23-24H,8-9,12-21,31H2,1-2H3/q+1/t23-,24?/m1/s1. The first-order chi connectivity index (χ1) is 20.9. The fourth-order valence-electron chi connectivity index (χ4n) is 6.15. The molecule has 2 N–H and O–H groups in total. The van der Waals surface area contributed by atoms with Gasteiger partial charge in [-0.2, -0.15) is 4.98 Å². The van der Waals surface area contributed by atoms with Gasteiger partial charge in [-0.3, -0.25) is 24.1 Å². The summed E-state index contributed by atoms with van der Waals surface area (Å²) in [5.74, 6) is 7.52. The Morgan fingerprint density at radius 2 is 1.91 bits per heavy atom. The van der Waals surface area contributed by atoms with E-state index in [1.165, 1.54) is 9.80 Å². The van der Waals surface area contributed by atoms with E-state index in [0.29, 0.717) is 49.7 Å². The molecule has 4 aliphatic rings. The highest BCUT2D eigenvalue weighted by molar-refractivity contribution is 6.25. The number of nitrogens with two attached hydrogens (primary N) is 1. The van der Waals surface area contributed by atoms with Crippen LogP contribution in [0.2, 0.25) is 0 Å². The van der Waals surface area contributed by atoms with E-state index in [1.54, 1.807) is 14.0 Å². The van der Waals surface area contributed by atoms with Gasteiger partial charge < -0.3 is 15.2 Å². The van der Waals surface area contributed by atoms with Crippen LogP contribution >= 0.6 is 0 Å². The van der Waals surface area contributed by atoms with Gasteiger partial charge in [-0.15, -0.1) is 5.92 Å². The van der Waals surface area contributed by atoms with E-state index in [4.69, 9.17) is 15.2 Å². The molecule has 1 aromatic carbocycles. The van der Waals surface area contributed by atoms with Gasteiger partial charge in [0.25, 0.3) is 5.91 Å². The van der Waals surface area contributed by atoms with Crippen molar-refractivity contribution in [2.45, 2.75) is 38.3 Å². The molecule has 3 fully saturated rings. The van der Waals surface area contributed by atoms with E-state index in [-0.39, 0.29) is 18.0 Å². The van der Waals surface area contributed by atoms with Crippen molar-refractivity contribution in [1.82, 2.24) is 29.7 Å². The second-order valence-electron chi connectivity index (χ2n) is 11.4. The smallest absolute Gasteiger partial charge is 0.325 e. The molecule has 6 rings (SSSR count). The SMILES string of the molecule is CC#CCN1C(=[N+]2CCC[C@@H](N)C2)N=C2C1C(=O)N(CCCN1CCN(c3nc(-c4ccccc4)no3)CC1)C(=O)N2C. The number of amides is 3. The number of carbonyl (C=O) groups excluding carboxylic acids is 2. The minimum Gasteiger partial charge on any atom is -0.325 e. The molecule has 1 unspecified atom stereocenters. The summed E-state index contributed by atoms with van der Waals surface area (Å²) in [6.45, 7) is 7.89. The maximum atomic E-state index is 13.8. The minimum absolute atomic E-state index is 0.0513. The number of guanidine groups is 1. The quantitative estimate of drug-likeness (QED) is 0.368. The normalized spacial score (nSPS) is 24.7. The summed E-state index contributed by atoms with van der Waals surface area (Å²) in [5.41, 5.74) is 7.18. The number of hydrogen-bond donors (Lipinski definition) is 1. The Hall–Kier alpha value is -4.28. The van der Waals surface area contributed by atoms with Gasteiger partial charge in [0.2, 0.25) is 17.7 Å². The Labute approximate surface area is 251 Å². The van der Waals surface area contributed by atoms with Crippen LogP contribution in [0.3, 0.4) is 0 Å². The first kappa shape index (κ1) is 28.8. The van der Waals surface area contributed by atoms with Crippen molar-refractivity contribution >= 4 is 29.7 Å². The van der Waals surface area contributed by atoms with Gasteiger partial charge in [0.05, 0.1) is 13.1 Å². The van der Waals surface area contributed by atoms with Crippen LogP contribution in [0.1, 0.15) is 26.2 Å². The molecule has 0 radical (unpaired) electrons. The summed E-state index contributed by atoms with van der Waals surface area (Å²) in [6.07, 6.45) is 2.60. The molecule has 2 atom stereocenters. The van der Waals surface area contributed by atoms with Crippen molar-refractivity contribution in [1.29, 1.82) is 0 Å². The van der Waals surface area contributed by atoms with E-state index in [2.05, 4.69) is 36.4 Å². The molecule has 13 heteroatoms. The second kappa shape index (κ2) is 12.5. The van der Waals surface area contributed by atoms with Gasteiger partial charge in [-0.25, -0.2) is 9.69 Å². The van der Waals surface area contributed by atoms with Crippen LogP contribution in [-0.2, 0) is 4.79 Å². The van der Waals surface area contributed by atoms with Crippen molar-refractivity contribution < 1.29 is 18.7 Å². The lowest BCUT2D eigenvalue weighted by molar-refractivity contribution is -0.544. The number of fused-ring (bicyclic) bond motifs is 1. The molecule has 0 aliphatic carbocycles. The van der Waals surface area contributed by atoms with Gasteiger partial charge in [0, 0.05) is 51.4 Å². The molecule has 2 aromatic rings. The molecule has 0 bridgehead atoms. The number of aliphatic imine (C=N–C) groups is 1. The fraction of sp³-hybridized carbons (Fsp3) is 0.533. The van der Waals surface area contributed by atoms with Crippen LogP contribution in [0.25, 0.3) is 11.4 Å². The van der Waals surface area contributed by atoms with Crippen molar-refractivity contribution in [3.8, 4) is 23.2 Å². The first-order valence-electron chi connectivity index (χ1n) is 15.0. The van der Waals surface area contributed by atoms with Crippen molar-refractivity contribution in [3.63, 3.8) is 0 Å². The summed E-state index contributed by atoms with van der Waals surface area (Å²) >= 11 is 0. The molecule has 3 saturated heterocycles. The number of rotatable bonds is 7. The zero-order valence-electron chi connectivity index (χ0n) is 24.9. The number of likely N-dealkylation sites (N-methyl/N-ethyl adjacent to an activating group) is 1. The van der Waals surface area contributed by atoms with Crippen LogP contribution in [0, 0.1) is 11.8 Å². The predicted octanol–water partition coefficient (Wildman–Crippen LogP) is 0.738. The molecule has 13 nitrogen and oxygen atoms in total. The Kier molecular flexibility index (Phi) is 8.40. The van der Waals surface area contributed by atoms with Crippen molar-refractivity contribution in [2.75, 3.05) is 70.9 Å². The zero-order chi connectivity index (χ0) is 29.9. The number of urea groups is 1. The van der Waals surface area contributed by atoms with E-state index in [9.17, 15) is 9.59 Å². The highest BCUT2D eigenvalue weighted by Gasteiger charge is 2.55. The lowest BCUT2D eigenvalue weighted by atomic mass is 10.1. The molecule has 5 heterocycles. The third-order valence-electron chi connectivity index (χ3n) is 8.50. The Balaban J connectivity index is 1.06. The van der Waals surface area contributed by atoms with E-state index >= 15 is 0 Å². The summed E-state index contributed by atoms with van der Waals surface area (Å²) in [6, 6.07) is 9.35. The van der Waals surface area contributed by atoms with Gasteiger partial charge in [0.15, 0.2) is 0 Å². The number of nitrogens with zero attached hydrogens (tertiary/aromatic N) is 9.